The normalized spacial score (nSPS) is 24.4. The van der Waals surface area contributed by atoms with Crippen LogP contribution in [-0.4, -0.2) is 20.2 Å². The van der Waals surface area contributed by atoms with E-state index in [-0.39, 0.29) is 28.0 Å². The molecule has 28 heavy (non-hydrogen) atoms. The van der Waals surface area contributed by atoms with Crippen LogP contribution in [-0.2, 0) is 5.41 Å². The molecule has 0 aliphatic heterocycles. The van der Waals surface area contributed by atoms with Gasteiger partial charge in [0.25, 0.3) is 0 Å². The van der Waals surface area contributed by atoms with Crippen LogP contribution in [0.1, 0.15) is 55.1 Å². The Labute approximate surface area is 162 Å². The lowest BCUT2D eigenvalue weighted by Crippen LogP contribution is -2.38. The number of nitrogens with zero attached hydrogens (tertiary/aromatic N) is 4. The van der Waals surface area contributed by atoms with Crippen molar-refractivity contribution in [3.05, 3.63) is 70.9 Å². The monoisotopic (exact) mass is 378 g/mol. The van der Waals surface area contributed by atoms with E-state index in [0.717, 1.165) is 35.4 Å². The third kappa shape index (κ3) is 1.98. The average molecular weight is 378 g/mol. The highest BCUT2D eigenvalue weighted by molar-refractivity contribution is 5.64. The standard InChI is InChI=1S/C22H20F2N4/c1-12-10-25-11-26-19(12)22-8-7-14(21(22,2)3)13-9-17(27-28-20(13)22)18-15(23)5-4-6-16(18)24/h4-6,9-11,14H,7-8H2,1-3H3/t14-,22-/m0/s1. The van der Waals surface area contributed by atoms with Gasteiger partial charge in [0.15, 0.2) is 0 Å². The van der Waals surface area contributed by atoms with E-state index in [1.165, 1.54) is 18.2 Å². The van der Waals surface area contributed by atoms with Crippen LogP contribution in [0, 0.1) is 24.0 Å². The lowest BCUT2D eigenvalue weighted by atomic mass is 9.65. The van der Waals surface area contributed by atoms with Crippen molar-refractivity contribution in [3.8, 4) is 11.3 Å². The second-order valence-corrected chi connectivity index (χ2v) is 8.40. The fourth-order valence-corrected chi connectivity index (χ4v) is 5.56. The molecule has 5 rings (SSSR count). The van der Waals surface area contributed by atoms with Crippen LogP contribution >= 0.6 is 0 Å². The van der Waals surface area contributed by atoms with Crippen LogP contribution in [0.3, 0.4) is 0 Å². The van der Waals surface area contributed by atoms with Crippen LogP contribution < -0.4 is 0 Å². The van der Waals surface area contributed by atoms with Gasteiger partial charge in [-0.1, -0.05) is 19.9 Å². The maximum absolute atomic E-state index is 14.3. The number of aromatic nitrogens is 4. The summed E-state index contributed by atoms with van der Waals surface area (Å²) in [5.41, 5.74) is 3.55. The highest BCUT2D eigenvalue weighted by atomic mass is 19.1. The van der Waals surface area contributed by atoms with E-state index in [9.17, 15) is 8.78 Å². The molecule has 0 saturated heterocycles. The van der Waals surface area contributed by atoms with E-state index in [4.69, 9.17) is 0 Å². The van der Waals surface area contributed by atoms with Crippen LogP contribution in [0.2, 0.25) is 0 Å². The zero-order chi connectivity index (χ0) is 19.7. The maximum atomic E-state index is 14.3. The molecule has 2 aliphatic carbocycles. The fraction of sp³-hybridized carbons (Fsp3) is 0.364. The first kappa shape index (κ1) is 17.3. The smallest absolute Gasteiger partial charge is 0.135 e. The Morgan fingerprint density at radius 2 is 1.82 bits per heavy atom. The van der Waals surface area contributed by atoms with E-state index in [0.29, 0.717) is 0 Å². The molecule has 2 aliphatic rings. The second-order valence-electron chi connectivity index (χ2n) is 8.40. The van der Waals surface area contributed by atoms with Gasteiger partial charge >= 0.3 is 0 Å². The van der Waals surface area contributed by atoms with E-state index in [1.54, 1.807) is 6.33 Å². The Hall–Kier alpha value is -2.76. The van der Waals surface area contributed by atoms with Gasteiger partial charge in [-0.15, -0.1) is 5.10 Å². The molecule has 2 atom stereocenters. The minimum absolute atomic E-state index is 0.120. The summed E-state index contributed by atoms with van der Waals surface area (Å²) in [5, 5.41) is 8.80. The quantitative estimate of drug-likeness (QED) is 0.647. The minimum atomic E-state index is -0.627. The van der Waals surface area contributed by atoms with Gasteiger partial charge in [0.05, 0.1) is 28.1 Å². The number of aryl methyl sites for hydroxylation is 1. The van der Waals surface area contributed by atoms with Gasteiger partial charge < -0.3 is 0 Å². The summed E-state index contributed by atoms with van der Waals surface area (Å²) in [4.78, 5) is 8.78. The lowest BCUT2D eigenvalue weighted by Gasteiger charge is -2.38. The summed E-state index contributed by atoms with van der Waals surface area (Å²) >= 11 is 0. The Balaban J connectivity index is 1.75. The van der Waals surface area contributed by atoms with Crippen LogP contribution in [0.15, 0.2) is 36.8 Å². The van der Waals surface area contributed by atoms with Crippen molar-refractivity contribution in [3.63, 3.8) is 0 Å². The Bertz CT molecular complexity index is 1090. The van der Waals surface area contributed by atoms with E-state index in [2.05, 4.69) is 34.0 Å². The molecule has 0 amide bonds. The molecular weight excluding hydrogens is 358 g/mol. The highest BCUT2D eigenvalue weighted by Gasteiger charge is 2.65. The molecule has 0 N–H and O–H groups in total. The highest BCUT2D eigenvalue weighted by Crippen LogP contribution is 2.69. The van der Waals surface area contributed by atoms with Gasteiger partial charge in [-0.05, 0) is 60.4 Å². The molecule has 6 heteroatoms. The Morgan fingerprint density at radius 3 is 2.54 bits per heavy atom. The summed E-state index contributed by atoms with van der Waals surface area (Å²) in [5.74, 6) is -1.02. The average Bonchev–Trinajstić information content (AvgIpc) is 3.03. The van der Waals surface area contributed by atoms with E-state index in [1.807, 2.05) is 19.2 Å². The molecule has 2 heterocycles. The summed E-state index contributed by atoms with van der Waals surface area (Å²) in [6.45, 7) is 6.48. The first-order valence-electron chi connectivity index (χ1n) is 9.47. The number of benzene rings is 1. The van der Waals surface area contributed by atoms with Crippen molar-refractivity contribution >= 4 is 0 Å². The fourth-order valence-electron chi connectivity index (χ4n) is 5.56. The largest absolute Gasteiger partial charge is 0.245 e. The van der Waals surface area contributed by atoms with Gasteiger partial charge in [-0.2, -0.15) is 5.10 Å². The van der Waals surface area contributed by atoms with Crippen molar-refractivity contribution in [1.29, 1.82) is 0 Å². The van der Waals surface area contributed by atoms with Crippen LogP contribution in [0.5, 0.6) is 0 Å². The van der Waals surface area contributed by atoms with E-state index >= 15 is 0 Å². The van der Waals surface area contributed by atoms with Crippen molar-refractivity contribution in [2.75, 3.05) is 0 Å². The molecule has 4 nitrogen and oxygen atoms in total. The number of halogens is 2. The number of hydrogen-bond acceptors (Lipinski definition) is 4. The van der Waals surface area contributed by atoms with Gasteiger partial charge in [-0.25, -0.2) is 18.7 Å². The van der Waals surface area contributed by atoms with Gasteiger partial charge in [0.2, 0.25) is 0 Å². The number of fused-ring (bicyclic) bond motifs is 5. The van der Waals surface area contributed by atoms with Gasteiger partial charge in [-0.3, -0.25) is 0 Å². The first-order valence-corrected chi connectivity index (χ1v) is 9.47. The maximum Gasteiger partial charge on any atom is 0.135 e. The summed E-state index contributed by atoms with van der Waals surface area (Å²) < 4.78 is 28.6. The molecular formula is C22H20F2N4. The minimum Gasteiger partial charge on any atom is -0.245 e. The molecule has 2 bridgehead atoms. The van der Waals surface area contributed by atoms with Gasteiger partial charge in [0.1, 0.15) is 18.0 Å². The van der Waals surface area contributed by atoms with Crippen molar-refractivity contribution in [1.82, 2.24) is 20.2 Å². The third-order valence-electron chi connectivity index (χ3n) is 6.90. The molecule has 0 unspecified atom stereocenters. The van der Waals surface area contributed by atoms with Crippen molar-refractivity contribution in [2.45, 2.75) is 44.9 Å². The Morgan fingerprint density at radius 1 is 1.07 bits per heavy atom. The predicted octanol–water partition coefficient (Wildman–Crippen LogP) is 4.72. The third-order valence-corrected chi connectivity index (χ3v) is 6.90. The molecule has 142 valence electrons. The topological polar surface area (TPSA) is 51.6 Å². The molecule has 1 saturated carbocycles. The first-order chi connectivity index (χ1) is 13.4. The molecule has 0 radical (unpaired) electrons. The lowest BCUT2D eigenvalue weighted by molar-refractivity contribution is 0.241. The number of hydrogen-bond donors (Lipinski definition) is 0. The zero-order valence-corrected chi connectivity index (χ0v) is 16.0. The predicted molar refractivity (Wildman–Crippen MR) is 101 cm³/mol. The summed E-state index contributed by atoms with van der Waals surface area (Å²) in [6.07, 6.45) is 5.32. The van der Waals surface area contributed by atoms with Gasteiger partial charge in [0, 0.05) is 6.20 Å². The van der Waals surface area contributed by atoms with Crippen LogP contribution in [0.25, 0.3) is 11.3 Å². The molecule has 3 aromatic rings. The molecule has 1 fully saturated rings. The molecule has 1 aromatic carbocycles. The SMILES string of the molecule is Cc1cncnc1[C@@]12CC[C@@H](c3cc(-c4c(F)cccc4F)nnc31)C2(C)C. The number of rotatable bonds is 2. The zero-order valence-electron chi connectivity index (χ0n) is 16.0. The summed E-state index contributed by atoms with van der Waals surface area (Å²) in [6, 6.07) is 5.67. The van der Waals surface area contributed by atoms with E-state index < -0.39 is 11.6 Å². The van der Waals surface area contributed by atoms with Crippen molar-refractivity contribution < 1.29 is 8.78 Å². The van der Waals surface area contributed by atoms with Crippen molar-refractivity contribution in [2.24, 2.45) is 5.41 Å². The second kappa shape index (κ2) is 5.63. The van der Waals surface area contributed by atoms with Crippen LogP contribution in [0.4, 0.5) is 8.78 Å². The molecule has 2 aromatic heterocycles. The molecule has 0 spiro atoms. The summed E-state index contributed by atoms with van der Waals surface area (Å²) in [7, 11) is 0. The Kier molecular flexibility index (Phi) is 3.49.